The van der Waals surface area contributed by atoms with Gasteiger partial charge in [-0.05, 0) is 36.3 Å². The van der Waals surface area contributed by atoms with Crippen molar-refractivity contribution in [2.24, 2.45) is 12.5 Å². The van der Waals surface area contributed by atoms with Crippen molar-refractivity contribution >= 4 is 5.91 Å². The van der Waals surface area contributed by atoms with Gasteiger partial charge >= 0.3 is 0 Å². The number of carbonyl (C=O) groups is 1. The molecule has 8 heteroatoms. The summed E-state index contributed by atoms with van der Waals surface area (Å²) in [7, 11) is 3.55. The molecule has 1 atom stereocenters. The lowest BCUT2D eigenvalue weighted by Gasteiger charge is -2.39. The molecule has 1 amide bonds. The van der Waals surface area contributed by atoms with E-state index in [0.29, 0.717) is 11.9 Å². The Morgan fingerprint density at radius 1 is 1.36 bits per heavy atom. The molecule has 0 aromatic carbocycles. The molecule has 0 bridgehead atoms. The third kappa shape index (κ3) is 3.93. The zero-order valence-electron chi connectivity index (χ0n) is 16.6. The number of pyridine rings is 1. The summed E-state index contributed by atoms with van der Waals surface area (Å²) in [5, 5.41) is 4.15. The van der Waals surface area contributed by atoms with E-state index in [4.69, 9.17) is 4.74 Å². The normalized spacial score (nSPS) is 22.1. The van der Waals surface area contributed by atoms with Gasteiger partial charge < -0.3 is 9.64 Å². The van der Waals surface area contributed by atoms with Crippen molar-refractivity contribution < 1.29 is 9.53 Å². The van der Waals surface area contributed by atoms with E-state index in [2.05, 4.69) is 26.0 Å². The van der Waals surface area contributed by atoms with Gasteiger partial charge in [0.15, 0.2) is 0 Å². The lowest BCUT2D eigenvalue weighted by Crippen LogP contribution is -2.44. The van der Waals surface area contributed by atoms with Crippen LogP contribution in [0.4, 0.5) is 0 Å². The molecule has 0 saturated carbocycles. The van der Waals surface area contributed by atoms with Gasteiger partial charge in [-0.1, -0.05) is 6.07 Å². The Bertz CT molecular complexity index is 800. The predicted molar refractivity (Wildman–Crippen MR) is 104 cm³/mol. The number of rotatable bonds is 5. The second-order valence-corrected chi connectivity index (χ2v) is 8.11. The van der Waals surface area contributed by atoms with Crippen LogP contribution in [-0.4, -0.2) is 74.8 Å². The Labute approximate surface area is 165 Å². The van der Waals surface area contributed by atoms with Crippen LogP contribution in [0.2, 0.25) is 0 Å². The average molecular weight is 384 g/mol. The predicted octanol–water partition coefficient (Wildman–Crippen LogP) is 1.35. The summed E-state index contributed by atoms with van der Waals surface area (Å²) >= 11 is 0. The Balaban J connectivity index is 1.40. The summed E-state index contributed by atoms with van der Waals surface area (Å²) in [6, 6.07) is 4.52. The van der Waals surface area contributed by atoms with Gasteiger partial charge in [-0.25, -0.2) is 4.98 Å². The van der Waals surface area contributed by atoms with Crippen LogP contribution in [0.15, 0.2) is 30.9 Å². The van der Waals surface area contributed by atoms with Crippen LogP contribution in [-0.2, 0) is 18.3 Å². The van der Waals surface area contributed by atoms with E-state index in [1.54, 1.807) is 25.2 Å². The number of aryl methyl sites for hydroxylation is 1. The number of aromatic nitrogens is 4. The van der Waals surface area contributed by atoms with Crippen molar-refractivity contribution in [3.8, 4) is 0 Å². The lowest BCUT2D eigenvalue weighted by atomic mass is 9.76. The Hall–Kier alpha value is -2.32. The van der Waals surface area contributed by atoms with E-state index in [1.807, 2.05) is 23.4 Å². The molecule has 2 aromatic heterocycles. The van der Waals surface area contributed by atoms with Crippen molar-refractivity contribution in [1.82, 2.24) is 29.5 Å². The number of piperidine rings is 1. The largest absolute Gasteiger partial charge is 0.383 e. The summed E-state index contributed by atoms with van der Waals surface area (Å²) in [4.78, 5) is 25.4. The fourth-order valence-electron chi connectivity index (χ4n) is 4.65. The summed E-state index contributed by atoms with van der Waals surface area (Å²) < 4.78 is 7.08. The molecule has 2 saturated heterocycles. The summed E-state index contributed by atoms with van der Waals surface area (Å²) in [5.41, 5.74) is 1.48. The van der Waals surface area contributed by atoms with Gasteiger partial charge in [-0.3, -0.25) is 19.4 Å². The molecule has 4 heterocycles. The van der Waals surface area contributed by atoms with Crippen LogP contribution in [0.3, 0.4) is 0 Å². The molecule has 150 valence electrons. The molecule has 0 N–H and O–H groups in total. The van der Waals surface area contributed by atoms with Gasteiger partial charge in [0.2, 0.25) is 5.82 Å². The van der Waals surface area contributed by atoms with E-state index in [1.165, 1.54) is 5.56 Å². The molecule has 28 heavy (non-hydrogen) atoms. The van der Waals surface area contributed by atoms with E-state index in [0.717, 1.165) is 52.0 Å². The van der Waals surface area contributed by atoms with Gasteiger partial charge in [0, 0.05) is 58.8 Å². The fraction of sp³-hybridized carbons (Fsp3) is 0.600. The average Bonchev–Trinajstić information content (AvgIpc) is 3.27. The molecule has 8 nitrogen and oxygen atoms in total. The van der Waals surface area contributed by atoms with Crippen molar-refractivity contribution in [3.05, 3.63) is 42.2 Å². The smallest absolute Gasteiger partial charge is 0.293 e. The Kier molecular flexibility index (Phi) is 5.41. The van der Waals surface area contributed by atoms with E-state index < -0.39 is 0 Å². The monoisotopic (exact) mass is 384 g/mol. The van der Waals surface area contributed by atoms with Gasteiger partial charge in [0.25, 0.3) is 5.91 Å². The first-order valence-corrected chi connectivity index (χ1v) is 9.85. The molecular weight excluding hydrogens is 356 g/mol. The Morgan fingerprint density at radius 2 is 2.18 bits per heavy atom. The second kappa shape index (κ2) is 7.97. The summed E-state index contributed by atoms with van der Waals surface area (Å²) in [6.45, 7) is 4.20. The van der Waals surface area contributed by atoms with Gasteiger partial charge in [0.1, 0.15) is 6.33 Å². The van der Waals surface area contributed by atoms with Crippen LogP contribution in [0.5, 0.6) is 0 Å². The van der Waals surface area contributed by atoms with Crippen molar-refractivity contribution in [2.45, 2.75) is 31.8 Å². The lowest BCUT2D eigenvalue weighted by molar-refractivity contribution is 0.0576. The maximum atomic E-state index is 12.6. The van der Waals surface area contributed by atoms with Gasteiger partial charge in [-0.2, -0.15) is 0 Å². The van der Waals surface area contributed by atoms with E-state index in [-0.39, 0.29) is 11.3 Å². The number of amides is 1. The first-order valence-electron chi connectivity index (χ1n) is 9.85. The SMILES string of the molecule is COC[C@@H]1CC2(CCN(C(=O)c3ncn(C)n3)CC2)CN1Cc1cccnc1. The van der Waals surface area contributed by atoms with Crippen molar-refractivity contribution in [3.63, 3.8) is 0 Å². The molecule has 1 spiro atoms. The molecule has 0 aliphatic carbocycles. The minimum Gasteiger partial charge on any atom is -0.383 e. The molecule has 0 radical (unpaired) electrons. The van der Waals surface area contributed by atoms with Crippen LogP contribution < -0.4 is 0 Å². The highest BCUT2D eigenvalue weighted by molar-refractivity contribution is 5.90. The Morgan fingerprint density at radius 3 is 2.82 bits per heavy atom. The number of ether oxygens (including phenoxy) is 1. The van der Waals surface area contributed by atoms with Crippen LogP contribution in [0.1, 0.15) is 35.4 Å². The fourth-order valence-corrected chi connectivity index (χ4v) is 4.65. The topological polar surface area (TPSA) is 76.4 Å². The summed E-state index contributed by atoms with van der Waals surface area (Å²) in [5.74, 6) is 0.231. The molecular formula is C20H28N6O2. The first kappa shape index (κ1) is 19.0. The number of carbonyl (C=O) groups excluding carboxylic acids is 1. The first-order chi connectivity index (χ1) is 13.6. The quantitative estimate of drug-likeness (QED) is 0.775. The zero-order valence-corrected chi connectivity index (χ0v) is 16.6. The highest BCUT2D eigenvalue weighted by atomic mass is 16.5. The van der Waals surface area contributed by atoms with E-state index >= 15 is 0 Å². The molecule has 0 unspecified atom stereocenters. The molecule has 2 fully saturated rings. The highest BCUT2D eigenvalue weighted by Crippen LogP contribution is 2.44. The molecule has 4 rings (SSSR count). The molecule has 2 aliphatic heterocycles. The van der Waals surface area contributed by atoms with Gasteiger partial charge in [0.05, 0.1) is 6.61 Å². The third-order valence-electron chi connectivity index (χ3n) is 6.09. The minimum atomic E-state index is -0.0610. The van der Waals surface area contributed by atoms with Crippen LogP contribution in [0, 0.1) is 5.41 Å². The van der Waals surface area contributed by atoms with Crippen LogP contribution in [0.25, 0.3) is 0 Å². The van der Waals surface area contributed by atoms with Gasteiger partial charge in [-0.15, -0.1) is 5.10 Å². The second-order valence-electron chi connectivity index (χ2n) is 8.11. The number of nitrogens with zero attached hydrogens (tertiary/aromatic N) is 6. The standard InChI is InChI=1S/C20H28N6O2/c1-24-15-22-18(23-24)19(27)25-8-5-20(6-9-25)10-17(13-28-2)26(14-20)12-16-4-3-7-21-11-16/h3-4,7,11,15,17H,5-6,8-10,12-14H2,1-2H3/t17-/m0/s1. The van der Waals surface area contributed by atoms with Crippen molar-refractivity contribution in [1.29, 1.82) is 0 Å². The molecule has 2 aromatic rings. The number of hydrogen-bond donors (Lipinski definition) is 0. The zero-order chi connectivity index (χ0) is 19.6. The highest BCUT2D eigenvalue weighted by Gasteiger charge is 2.46. The third-order valence-corrected chi connectivity index (χ3v) is 6.09. The maximum Gasteiger partial charge on any atom is 0.293 e. The number of hydrogen-bond acceptors (Lipinski definition) is 6. The summed E-state index contributed by atoms with van der Waals surface area (Å²) in [6.07, 6.45) is 8.46. The maximum absolute atomic E-state index is 12.6. The van der Waals surface area contributed by atoms with Crippen molar-refractivity contribution in [2.75, 3.05) is 33.4 Å². The van der Waals surface area contributed by atoms with Crippen LogP contribution >= 0.6 is 0 Å². The van der Waals surface area contributed by atoms with E-state index in [9.17, 15) is 4.79 Å². The molecule has 2 aliphatic rings. The number of methoxy groups -OCH3 is 1. The minimum absolute atomic E-state index is 0.0610. The number of likely N-dealkylation sites (tertiary alicyclic amines) is 2.